The van der Waals surface area contributed by atoms with E-state index in [-0.39, 0.29) is 5.91 Å². The molecule has 2 heterocycles. The van der Waals surface area contributed by atoms with Crippen molar-refractivity contribution < 1.29 is 9.53 Å². The van der Waals surface area contributed by atoms with Gasteiger partial charge in [-0.05, 0) is 12.0 Å². The summed E-state index contributed by atoms with van der Waals surface area (Å²) in [6, 6.07) is 10.3. The topological polar surface area (TPSA) is 51.2 Å². The largest absolute Gasteiger partial charge is 0.381 e. The number of benzene rings is 1. The van der Waals surface area contributed by atoms with Gasteiger partial charge in [-0.2, -0.15) is 0 Å². The number of aromatic nitrogens is 1. The van der Waals surface area contributed by atoms with Gasteiger partial charge in [0.1, 0.15) is 0 Å². The number of hydrogen-bond acceptors (Lipinski definition) is 4. The fourth-order valence-corrected chi connectivity index (χ4v) is 3.34. The van der Waals surface area contributed by atoms with Crippen molar-refractivity contribution in [1.29, 1.82) is 0 Å². The van der Waals surface area contributed by atoms with Gasteiger partial charge >= 0.3 is 0 Å². The van der Waals surface area contributed by atoms with Crippen LogP contribution in [0.5, 0.6) is 0 Å². The average Bonchev–Trinajstić information content (AvgIpc) is 3.18. The molecule has 1 saturated heterocycles. The number of rotatable bonds is 6. The standard InChI is InChI=1S/C17H20N2O2S/c20-16(18-10-14-6-7-21-11-14)9-15-12-22-17(19-15)8-13-4-2-1-3-5-13/h1-5,12,14H,6-11H2,(H,18,20)/t14-/m0/s1. The molecule has 0 saturated carbocycles. The first-order chi connectivity index (χ1) is 10.8. The lowest BCUT2D eigenvalue weighted by Gasteiger charge is -2.08. The molecule has 4 nitrogen and oxygen atoms in total. The number of amides is 1. The van der Waals surface area contributed by atoms with Crippen LogP contribution in [0.4, 0.5) is 0 Å². The Morgan fingerprint density at radius 3 is 3.00 bits per heavy atom. The van der Waals surface area contributed by atoms with Crippen molar-refractivity contribution in [2.24, 2.45) is 5.92 Å². The van der Waals surface area contributed by atoms with Crippen molar-refractivity contribution in [1.82, 2.24) is 10.3 Å². The van der Waals surface area contributed by atoms with E-state index in [1.54, 1.807) is 11.3 Å². The van der Waals surface area contributed by atoms with Crippen LogP contribution in [0, 0.1) is 5.92 Å². The summed E-state index contributed by atoms with van der Waals surface area (Å²) in [6.45, 7) is 2.29. The zero-order valence-electron chi connectivity index (χ0n) is 12.5. The molecule has 5 heteroatoms. The van der Waals surface area contributed by atoms with Gasteiger partial charge in [-0.1, -0.05) is 30.3 Å². The number of hydrogen-bond donors (Lipinski definition) is 1. The van der Waals surface area contributed by atoms with Crippen LogP contribution in [-0.2, 0) is 22.4 Å². The van der Waals surface area contributed by atoms with Crippen molar-refractivity contribution in [3.8, 4) is 0 Å². The number of thiazole rings is 1. The zero-order chi connectivity index (χ0) is 15.2. The highest BCUT2D eigenvalue weighted by Crippen LogP contribution is 2.15. The predicted molar refractivity (Wildman–Crippen MR) is 87.0 cm³/mol. The normalized spacial score (nSPS) is 17.5. The van der Waals surface area contributed by atoms with Crippen LogP contribution in [0.15, 0.2) is 35.7 Å². The lowest BCUT2D eigenvalue weighted by atomic mass is 10.1. The number of carbonyl (C=O) groups is 1. The molecule has 0 radical (unpaired) electrons. The van der Waals surface area contributed by atoms with Crippen molar-refractivity contribution in [3.05, 3.63) is 52.0 Å². The van der Waals surface area contributed by atoms with Crippen molar-refractivity contribution in [2.45, 2.75) is 19.3 Å². The molecule has 0 spiro atoms. The van der Waals surface area contributed by atoms with E-state index in [1.165, 1.54) is 5.56 Å². The summed E-state index contributed by atoms with van der Waals surface area (Å²) in [5.41, 5.74) is 2.10. The highest BCUT2D eigenvalue weighted by molar-refractivity contribution is 7.09. The molecule has 116 valence electrons. The summed E-state index contributed by atoms with van der Waals surface area (Å²) in [4.78, 5) is 16.5. The Bertz CT molecular complexity index is 606. The smallest absolute Gasteiger partial charge is 0.226 e. The molecule has 0 unspecified atom stereocenters. The summed E-state index contributed by atoms with van der Waals surface area (Å²) in [5.74, 6) is 0.511. The molecular formula is C17H20N2O2S. The Labute approximate surface area is 134 Å². The quantitative estimate of drug-likeness (QED) is 0.890. The monoisotopic (exact) mass is 316 g/mol. The van der Waals surface area contributed by atoms with Gasteiger partial charge in [0.05, 0.1) is 23.7 Å². The molecule has 22 heavy (non-hydrogen) atoms. The summed E-state index contributed by atoms with van der Waals surface area (Å²) >= 11 is 1.62. The van der Waals surface area contributed by atoms with E-state index in [2.05, 4.69) is 22.4 Å². The minimum atomic E-state index is 0.0449. The van der Waals surface area contributed by atoms with E-state index in [1.807, 2.05) is 23.6 Å². The van der Waals surface area contributed by atoms with Crippen LogP contribution >= 0.6 is 11.3 Å². The van der Waals surface area contributed by atoms with Crippen LogP contribution < -0.4 is 5.32 Å². The van der Waals surface area contributed by atoms with E-state index < -0.39 is 0 Å². The minimum Gasteiger partial charge on any atom is -0.381 e. The van der Waals surface area contributed by atoms with Gasteiger partial charge in [-0.3, -0.25) is 4.79 Å². The number of ether oxygens (including phenoxy) is 1. The Morgan fingerprint density at radius 2 is 2.23 bits per heavy atom. The Hall–Kier alpha value is -1.72. The SMILES string of the molecule is O=C(Cc1csc(Cc2ccccc2)n1)NC[C@@H]1CCOC1. The fourth-order valence-electron chi connectivity index (χ4n) is 2.51. The maximum atomic E-state index is 11.9. The highest BCUT2D eigenvalue weighted by Gasteiger charge is 2.16. The number of nitrogens with zero attached hydrogens (tertiary/aromatic N) is 1. The molecule has 0 aliphatic carbocycles. The Balaban J connectivity index is 1.47. The second kappa shape index (κ2) is 7.51. The van der Waals surface area contributed by atoms with Crippen molar-refractivity contribution in [2.75, 3.05) is 19.8 Å². The van der Waals surface area contributed by atoms with E-state index in [0.29, 0.717) is 18.9 Å². The molecule has 1 aromatic carbocycles. The number of nitrogens with one attached hydrogen (secondary N) is 1. The summed E-state index contributed by atoms with van der Waals surface area (Å²) in [5, 5.41) is 6.01. The molecule has 0 bridgehead atoms. The van der Waals surface area contributed by atoms with Crippen LogP contribution in [0.2, 0.25) is 0 Å². The van der Waals surface area contributed by atoms with Gasteiger partial charge in [0.15, 0.2) is 0 Å². The first-order valence-corrected chi connectivity index (χ1v) is 8.49. The fraction of sp³-hybridized carbons (Fsp3) is 0.412. The summed E-state index contributed by atoms with van der Waals surface area (Å²) in [7, 11) is 0. The van der Waals surface area contributed by atoms with Gasteiger partial charge in [0, 0.05) is 30.9 Å². The maximum absolute atomic E-state index is 11.9. The van der Waals surface area contributed by atoms with Crippen LogP contribution in [0.3, 0.4) is 0 Å². The predicted octanol–water partition coefficient (Wildman–Crippen LogP) is 2.43. The van der Waals surface area contributed by atoms with E-state index in [4.69, 9.17) is 4.74 Å². The van der Waals surface area contributed by atoms with Gasteiger partial charge < -0.3 is 10.1 Å². The van der Waals surface area contributed by atoms with E-state index in [9.17, 15) is 4.79 Å². The molecule has 2 aromatic rings. The number of carbonyl (C=O) groups excluding carboxylic acids is 1. The van der Waals surface area contributed by atoms with Crippen LogP contribution in [0.25, 0.3) is 0 Å². The van der Waals surface area contributed by atoms with Crippen LogP contribution in [0.1, 0.15) is 22.7 Å². The Kier molecular flexibility index (Phi) is 5.19. The molecule has 1 aromatic heterocycles. The molecule has 1 aliphatic rings. The second-order valence-corrected chi connectivity index (χ2v) is 6.55. The van der Waals surface area contributed by atoms with Gasteiger partial charge in [0.25, 0.3) is 0 Å². The molecule has 3 rings (SSSR count). The third kappa shape index (κ3) is 4.39. The van der Waals surface area contributed by atoms with Gasteiger partial charge in [-0.25, -0.2) is 4.98 Å². The third-order valence-electron chi connectivity index (χ3n) is 3.75. The summed E-state index contributed by atoms with van der Waals surface area (Å²) in [6.07, 6.45) is 2.23. The zero-order valence-corrected chi connectivity index (χ0v) is 13.3. The molecule has 1 N–H and O–H groups in total. The third-order valence-corrected chi connectivity index (χ3v) is 4.65. The molecule has 1 aliphatic heterocycles. The maximum Gasteiger partial charge on any atom is 0.226 e. The Morgan fingerprint density at radius 1 is 1.36 bits per heavy atom. The van der Waals surface area contributed by atoms with Crippen LogP contribution in [-0.4, -0.2) is 30.6 Å². The van der Waals surface area contributed by atoms with E-state index >= 15 is 0 Å². The summed E-state index contributed by atoms with van der Waals surface area (Å²) < 4.78 is 5.31. The second-order valence-electron chi connectivity index (χ2n) is 5.61. The molecule has 1 amide bonds. The highest BCUT2D eigenvalue weighted by atomic mass is 32.1. The van der Waals surface area contributed by atoms with Crippen molar-refractivity contribution in [3.63, 3.8) is 0 Å². The van der Waals surface area contributed by atoms with Gasteiger partial charge in [-0.15, -0.1) is 11.3 Å². The first-order valence-electron chi connectivity index (χ1n) is 7.61. The van der Waals surface area contributed by atoms with Crippen molar-refractivity contribution >= 4 is 17.2 Å². The average molecular weight is 316 g/mol. The lowest BCUT2D eigenvalue weighted by molar-refractivity contribution is -0.120. The molecule has 1 atom stereocenters. The minimum absolute atomic E-state index is 0.0449. The molecular weight excluding hydrogens is 296 g/mol. The lowest BCUT2D eigenvalue weighted by Crippen LogP contribution is -2.30. The molecule has 1 fully saturated rings. The van der Waals surface area contributed by atoms with E-state index in [0.717, 1.165) is 36.8 Å². The van der Waals surface area contributed by atoms with Gasteiger partial charge in [0.2, 0.25) is 5.91 Å². The first kappa shape index (κ1) is 15.2.